The Morgan fingerprint density at radius 3 is 2.37 bits per heavy atom. The maximum absolute atomic E-state index is 13.8. The summed E-state index contributed by atoms with van der Waals surface area (Å²) in [5.41, 5.74) is 0.381. The van der Waals surface area contributed by atoms with E-state index >= 15 is 0 Å². The lowest BCUT2D eigenvalue weighted by molar-refractivity contribution is -0.384. The highest BCUT2D eigenvalue weighted by atomic mass is 19.1. The van der Waals surface area contributed by atoms with Crippen molar-refractivity contribution in [3.05, 3.63) is 63.7 Å². The fourth-order valence-corrected chi connectivity index (χ4v) is 3.32. The zero-order chi connectivity index (χ0) is 19.6. The van der Waals surface area contributed by atoms with Crippen LogP contribution in [0.2, 0.25) is 0 Å². The average molecular weight is 376 g/mol. The van der Waals surface area contributed by atoms with Gasteiger partial charge in [-0.25, -0.2) is 8.78 Å². The summed E-state index contributed by atoms with van der Waals surface area (Å²) in [5.74, 6) is -1.58. The van der Waals surface area contributed by atoms with Gasteiger partial charge in [-0.3, -0.25) is 14.9 Å². The maximum atomic E-state index is 13.8. The van der Waals surface area contributed by atoms with Crippen LogP contribution >= 0.6 is 0 Å². The van der Waals surface area contributed by atoms with E-state index in [2.05, 4.69) is 0 Å². The lowest BCUT2D eigenvalue weighted by Gasteiger charge is -2.32. The van der Waals surface area contributed by atoms with Crippen molar-refractivity contribution in [2.24, 2.45) is 5.92 Å². The largest absolute Gasteiger partial charge is 0.494 e. The number of nitro groups is 1. The van der Waals surface area contributed by atoms with Gasteiger partial charge >= 0.3 is 0 Å². The van der Waals surface area contributed by atoms with Crippen molar-refractivity contribution in [1.82, 2.24) is 0 Å². The van der Waals surface area contributed by atoms with Crippen LogP contribution < -0.4 is 9.64 Å². The van der Waals surface area contributed by atoms with E-state index in [-0.39, 0.29) is 28.8 Å². The predicted molar refractivity (Wildman–Crippen MR) is 95.3 cm³/mol. The number of nitrogens with zero attached hydrogens (tertiary/aromatic N) is 2. The molecular formula is C19H18F2N2O4. The first-order valence-corrected chi connectivity index (χ1v) is 8.47. The molecule has 0 N–H and O–H groups in total. The third kappa shape index (κ3) is 3.89. The Labute approximate surface area is 154 Å². The van der Waals surface area contributed by atoms with Crippen LogP contribution in [0.3, 0.4) is 0 Å². The first kappa shape index (κ1) is 18.8. The number of piperidine rings is 1. The minimum absolute atomic E-state index is 0.0687. The summed E-state index contributed by atoms with van der Waals surface area (Å²) in [5, 5.41) is 11.3. The molecule has 0 aromatic heterocycles. The summed E-state index contributed by atoms with van der Waals surface area (Å²) in [6.45, 7) is 0.820. The van der Waals surface area contributed by atoms with E-state index in [9.17, 15) is 23.7 Å². The number of methoxy groups -OCH3 is 1. The van der Waals surface area contributed by atoms with Crippen molar-refractivity contribution in [2.45, 2.75) is 12.8 Å². The Morgan fingerprint density at radius 2 is 1.81 bits per heavy atom. The van der Waals surface area contributed by atoms with E-state index in [1.54, 1.807) is 4.90 Å². The van der Waals surface area contributed by atoms with Gasteiger partial charge in [0, 0.05) is 30.6 Å². The molecular weight excluding hydrogens is 358 g/mol. The Bertz CT molecular complexity index is 863. The van der Waals surface area contributed by atoms with Crippen LogP contribution in [0.5, 0.6) is 5.75 Å². The molecule has 142 valence electrons. The van der Waals surface area contributed by atoms with Crippen molar-refractivity contribution in [3.63, 3.8) is 0 Å². The van der Waals surface area contributed by atoms with Gasteiger partial charge in [-0.1, -0.05) is 0 Å². The van der Waals surface area contributed by atoms with Crippen molar-refractivity contribution in [1.29, 1.82) is 0 Å². The lowest BCUT2D eigenvalue weighted by Crippen LogP contribution is -2.36. The summed E-state index contributed by atoms with van der Waals surface area (Å²) in [7, 11) is 1.29. The maximum Gasteiger partial charge on any atom is 0.295 e. The zero-order valence-corrected chi connectivity index (χ0v) is 14.7. The van der Waals surface area contributed by atoms with Gasteiger partial charge in [0.1, 0.15) is 11.5 Å². The topological polar surface area (TPSA) is 72.7 Å². The molecule has 3 rings (SSSR count). The molecule has 2 aromatic rings. The Balaban J connectivity index is 1.76. The van der Waals surface area contributed by atoms with Crippen molar-refractivity contribution >= 4 is 17.2 Å². The summed E-state index contributed by atoms with van der Waals surface area (Å²) < 4.78 is 31.8. The monoisotopic (exact) mass is 376 g/mol. The first-order chi connectivity index (χ1) is 12.9. The summed E-state index contributed by atoms with van der Waals surface area (Å²) in [4.78, 5) is 25.0. The number of nitro benzene ring substituents is 1. The second kappa shape index (κ2) is 7.69. The van der Waals surface area contributed by atoms with Crippen molar-refractivity contribution in [3.8, 4) is 5.75 Å². The number of anilines is 1. The van der Waals surface area contributed by atoms with Gasteiger partial charge in [0.05, 0.1) is 18.1 Å². The van der Waals surface area contributed by atoms with Crippen LogP contribution in [0.1, 0.15) is 23.2 Å². The summed E-state index contributed by atoms with van der Waals surface area (Å²) in [6.07, 6.45) is 0.986. The van der Waals surface area contributed by atoms with Gasteiger partial charge in [0.2, 0.25) is 0 Å². The highest BCUT2D eigenvalue weighted by Crippen LogP contribution is 2.36. The molecule has 0 atom stereocenters. The van der Waals surface area contributed by atoms with Gasteiger partial charge in [-0.2, -0.15) is 0 Å². The minimum atomic E-state index is -0.797. The first-order valence-electron chi connectivity index (χ1n) is 8.47. The number of ketones is 1. The van der Waals surface area contributed by atoms with Crippen LogP contribution in [0.4, 0.5) is 20.2 Å². The molecule has 27 heavy (non-hydrogen) atoms. The molecule has 0 aliphatic carbocycles. The lowest BCUT2D eigenvalue weighted by atomic mass is 9.88. The summed E-state index contributed by atoms with van der Waals surface area (Å²) in [6, 6.07) is 7.58. The molecule has 1 aliphatic rings. The number of rotatable bonds is 5. The van der Waals surface area contributed by atoms with Crippen LogP contribution in [0, 0.1) is 27.7 Å². The van der Waals surface area contributed by atoms with Crippen LogP contribution in [-0.4, -0.2) is 30.9 Å². The average Bonchev–Trinajstić information content (AvgIpc) is 2.68. The Kier molecular flexibility index (Phi) is 5.34. The summed E-state index contributed by atoms with van der Waals surface area (Å²) >= 11 is 0. The molecule has 6 nitrogen and oxygen atoms in total. The fraction of sp³-hybridized carbons (Fsp3) is 0.316. The van der Waals surface area contributed by atoms with E-state index in [0.717, 1.165) is 6.07 Å². The van der Waals surface area contributed by atoms with Crippen LogP contribution in [0.15, 0.2) is 36.4 Å². The highest BCUT2D eigenvalue weighted by Gasteiger charge is 2.30. The number of hydrogen-bond acceptors (Lipinski definition) is 5. The molecule has 0 spiro atoms. The SMILES string of the molecule is COc1cc(N2CCC(C(=O)c3ccc(F)cc3)CC2)c([N+](=O)[O-])cc1F. The molecule has 8 heteroatoms. The third-order valence-corrected chi connectivity index (χ3v) is 4.78. The van der Waals surface area contributed by atoms with Crippen molar-refractivity contribution in [2.75, 3.05) is 25.1 Å². The quantitative estimate of drug-likeness (QED) is 0.448. The van der Waals surface area contributed by atoms with E-state index in [1.165, 1.54) is 37.4 Å². The number of carbonyl (C=O) groups excluding carboxylic acids is 1. The van der Waals surface area contributed by atoms with Gasteiger partial charge in [0.15, 0.2) is 17.3 Å². The molecule has 2 aromatic carbocycles. The van der Waals surface area contributed by atoms with Gasteiger partial charge in [-0.15, -0.1) is 0 Å². The molecule has 1 heterocycles. The molecule has 0 unspecified atom stereocenters. The van der Waals surface area contributed by atoms with Gasteiger partial charge in [-0.05, 0) is 37.1 Å². The fourth-order valence-electron chi connectivity index (χ4n) is 3.32. The molecule has 1 fully saturated rings. The van der Waals surface area contributed by atoms with E-state index in [1.807, 2.05) is 0 Å². The van der Waals surface area contributed by atoms with Crippen molar-refractivity contribution < 1.29 is 23.2 Å². The second-order valence-corrected chi connectivity index (χ2v) is 6.37. The second-order valence-electron chi connectivity index (χ2n) is 6.37. The van der Waals surface area contributed by atoms with E-state index < -0.39 is 16.6 Å². The number of carbonyl (C=O) groups is 1. The Hall–Kier alpha value is -3.03. The number of halogens is 2. The molecule has 0 saturated carbocycles. The number of Topliss-reactive ketones (excluding diaryl/α,β-unsaturated/α-hetero) is 1. The third-order valence-electron chi connectivity index (χ3n) is 4.78. The Morgan fingerprint density at radius 1 is 1.19 bits per heavy atom. The minimum Gasteiger partial charge on any atom is -0.494 e. The standard InChI is InChI=1S/C19H18F2N2O4/c1-27-18-11-16(17(23(25)26)10-15(18)21)22-8-6-13(7-9-22)19(24)12-2-4-14(20)5-3-12/h2-5,10-11,13H,6-9H2,1H3. The normalized spacial score (nSPS) is 14.9. The molecule has 1 saturated heterocycles. The zero-order valence-electron chi connectivity index (χ0n) is 14.7. The van der Waals surface area contributed by atoms with E-state index in [0.29, 0.717) is 31.5 Å². The van der Waals surface area contributed by atoms with Crippen LogP contribution in [0.25, 0.3) is 0 Å². The molecule has 0 bridgehead atoms. The number of ether oxygens (including phenoxy) is 1. The van der Waals surface area contributed by atoms with Crippen LogP contribution in [-0.2, 0) is 0 Å². The predicted octanol–water partition coefficient (Wildman–Crippen LogP) is 3.98. The van der Waals surface area contributed by atoms with Gasteiger partial charge < -0.3 is 9.64 Å². The molecule has 1 aliphatic heterocycles. The number of benzene rings is 2. The van der Waals surface area contributed by atoms with Gasteiger partial charge in [0.25, 0.3) is 5.69 Å². The number of hydrogen-bond donors (Lipinski definition) is 0. The highest BCUT2D eigenvalue weighted by molar-refractivity contribution is 5.98. The smallest absolute Gasteiger partial charge is 0.295 e. The van der Waals surface area contributed by atoms with E-state index in [4.69, 9.17) is 4.74 Å². The molecule has 0 radical (unpaired) electrons. The molecule has 0 amide bonds.